The number of hydrogen-bond donors (Lipinski definition) is 2. The SMILES string of the molecule is CC(CS(C)(=O)=O)NC(=O)C1Cc2ccccc2CN1.Cl. The Morgan fingerprint density at radius 2 is 2.00 bits per heavy atom. The van der Waals surface area contributed by atoms with E-state index in [1.54, 1.807) is 6.92 Å². The van der Waals surface area contributed by atoms with Crippen LogP contribution in [0.5, 0.6) is 0 Å². The van der Waals surface area contributed by atoms with Crippen LogP contribution < -0.4 is 10.6 Å². The van der Waals surface area contributed by atoms with Crippen molar-refractivity contribution in [3.63, 3.8) is 0 Å². The number of carbonyl (C=O) groups excluding carboxylic acids is 1. The molecule has 0 radical (unpaired) electrons. The second kappa shape index (κ2) is 7.24. The Bertz CT molecular complexity index is 604. The molecule has 0 spiro atoms. The summed E-state index contributed by atoms with van der Waals surface area (Å²) in [6.45, 7) is 2.37. The lowest BCUT2D eigenvalue weighted by molar-refractivity contribution is -0.123. The van der Waals surface area contributed by atoms with Crippen LogP contribution in [0, 0.1) is 0 Å². The van der Waals surface area contributed by atoms with Gasteiger partial charge in [-0.3, -0.25) is 4.79 Å². The van der Waals surface area contributed by atoms with Crippen LogP contribution in [-0.2, 0) is 27.6 Å². The highest BCUT2D eigenvalue weighted by molar-refractivity contribution is 7.90. The van der Waals surface area contributed by atoms with E-state index >= 15 is 0 Å². The van der Waals surface area contributed by atoms with Crippen LogP contribution in [-0.4, -0.2) is 38.4 Å². The normalized spacial score (nSPS) is 19.0. The minimum atomic E-state index is -3.08. The molecule has 1 aliphatic heterocycles. The van der Waals surface area contributed by atoms with Gasteiger partial charge in [-0.05, 0) is 24.5 Å². The first-order valence-electron chi connectivity index (χ1n) is 6.63. The minimum absolute atomic E-state index is 0. The third kappa shape index (κ3) is 5.30. The lowest BCUT2D eigenvalue weighted by Gasteiger charge is -2.26. The Kier molecular flexibility index (Phi) is 6.19. The summed E-state index contributed by atoms with van der Waals surface area (Å²) in [4.78, 5) is 12.1. The Labute approximate surface area is 131 Å². The molecule has 1 aromatic rings. The van der Waals surface area contributed by atoms with Gasteiger partial charge in [-0.25, -0.2) is 8.42 Å². The van der Waals surface area contributed by atoms with E-state index in [2.05, 4.69) is 10.6 Å². The molecule has 7 heteroatoms. The molecule has 0 saturated carbocycles. The molecule has 1 aromatic carbocycles. The molecular weight excluding hydrogens is 312 g/mol. The van der Waals surface area contributed by atoms with Gasteiger partial charge in [-0.1, -0.05) is 24.3 Å². The van der Waals surface area contributed by atoms with Gasteiger partial charge in [0.15, 0.2) is 0 Å². The Morgan fingerprint density at radius 3 is 2.62 bits per heavy atom. The number of rotatable bonds is 4. The van der Waals surface area contributed by atoms with Crippen molar-refractivity contribution < 1.29 is 13.2 Å². The average molecular weight is 333 g/mol. The molecule has 0 saturated heterocycles. The topological polar surface area (TPSA) is 75.3 Å². The summed E-state index contributed by atoms with van der Waals surface area (Å²) in [7, 11) is -3.08. The van der Waals surface area contributed by atoms with Gasteiger partial charge in [0.25, 0.3) is 0 Å². The molecule has 2 unspecified atom stereocenters. The highest BCUT2D eigenvalue weighted by atomic mass is 35.5. The van der Waals surface area contributed by atoms with Crippen LogP contribution in [0.4, 0.5) is 0 Å². The number of sulfone groups is 1. The van der Waals surface area contributed by atoms with Crippen LogP contribution >= 0.6 is 12.4 Å². The van der Waals surface area contributed by atoms with Crippen molar-refractivity contribution in [1.82, 2.24) is 10.6 Å². The molecular formula is C14H21ClN2O3S. The first kappa shape index (κ1) is 17.9. The van der Waals surface area contributed by atoms with Gasteiger partial charge in [0, 0.05) is 18.8 Å². The highest BCUT2D eigenvalue weighted by Crippen LogP contribution is 2.16. The highest BCUT2D eigenvalue weighted by Gasteiger charge is 2.25. The smallest absolute Gasteiger partial charge is 0.237 e. The van der Waals surface area contributed by atoms with E-state index < -0.39 is 9.84 Å². The van der Waals surface area contributed by atoms with Gasteiger partial charge in [0.1, 0.15) is 9.84 Å². The molecule has 2 N–H and O–H groups in total. The first-order valence-corrected chi connectivity index (χ1v) is 8.69. The fourth-order valence-electron chi connectivity index (χ4n) is 2.48. The summed E-state index contributed by atoms with van der Waals surface area (Å²) in [5.41, 5.74) is 2.38. The lowest BCUT2D eigenvalue weighted by Crippen LogP contribution is -2.51. The number of carbonyl (C=O) groups is 1. The first-order chi connectivity index (χ1) is 9.35. The molecule has 1 amide bonds. The van der Waals surface area contributed by atoms with Crippen molar-refractivity contribution in [2.24, 2.45) is 0 Å². The number of hydrogen-bond acceptors (Lipinski definition) is 4. The molecule has 0 bridgehead atoms. The molecule has 1 aliphatic rings. The van der Waals surface area contributed by atoms with Crippen molar-refractivity contribution >= 4 is 28.2 Å². The molecule has 2 atom stereocenters. The zero-order chi connectivity index (χ0) is 14.8. The third-order valence-electron chi connectivity index (χ3n) is 3.34. The van der Waals surface area contributed by atoms with E-state index in [4.69, 9.17) is 0 Å². The van der Waals surface area contributed by atoms with E-state index in [0.29, 0.717) is 13.0 Å². The minimum Gasteiger partial charge on any atom is -0.351 e. The van der Waals surface area contributed by atoms with E-state index in [9.17, 15) is 13.2 Å². The summed E-state index contributed by atoms with van der Waals surface area (Å²) in [6.07, 6.45) is 1.80. The van der Waals surface area contributed by atoms with Crippen LogP contribution in [0.2, 0.25) is 0 Å². The predicted octanol–water partition coefficient (Wildman–Crippen LogP) is 0.672. The largest absolute Gasteiger partial charge is 0.351 e. The number of benzene rings is 1. The molecule has 2 rings (SSSR count). The molecule has 118 valence electrons. The monoisotopic (exact) mass is 332 g/mol. The van der Waals surface area contributed by atoms with Gasteiger partial charge < -0.3 is 10.6 Å². The fraction of sp³-hybridized carbons (Fsp3) is 0.500. The van der Waals surface area contributed by atoms with Crippen LogP contribution in [0.25, 0.3) is 0 Å². The average Bonchev–Trinajstić information content (AvgIpc) is 2.35. The van der Waals surface area contributed by atoms with Crippen molar-refractivity contribution in [2.45, 2.75) is 32.0 Å². The van der Waals surface area contributed by atoms with E-state index in [0.717, 1.165) is 0 Å². The number of fused-ring (bicyclic) bond motifs is 1. The Morgan fingerprint density at radius 1 is 1.38 bits per heavy atom. The molecule has 0 aliphatic carbocycles. The van der Waals surface area contributed by atoms with Gasteiger partial charge in [0.05, 0.1) is 11.8 Å². The van der Waals surface area contributed by atoms with Crippen molar-refractivity contribution in [3.05, 3.63) is 35.4 Å². The quantitative estimate of drug-likeness (QED) is 0.850. The molecule has 0 fully saturated rings. The van der Waals surface area contributed by atoms with Crippen LogP contribution in [0.3, 0.4) is 0 Å². The van der Waals surface area contributed by atoms with E-state index in [-0.39, 0.29) is 36.2 Å². The van der Waals surface area contributed by atoms with Crippen LogP contribution in [0.15, 0.2) is 24.3 Å². The number of amides is 1. The zero-order valence-corrected chi connectivity index (χ0v) is 13.8. The van der Waals surface area contributed by atoms with Gasteiger partial charge in [-0.15, -0.1) is 12.4 Å². The van der Waals surface area contributed by atoms with Crippen molar-refractivity contribution in [2.75, 3.05) is 12.0 Å². The van der Waals surface area contributed by atoms with E-state index in [1.165, 1.54) is 17.4 Å². The van der Waals surface area contributed by atoms with Gasteiger partial charge >= 0.3 is 0 Å². The summed E-state index contributed by atoms with van der Waals surface area (Å²) in [6, 6.07) is 7.34. The maximum Gasteiger partial charge on any atom is 0.237 e. The third-order valence-corrected chi connectivity index (χ3v) is 4.44. The predicted molar refractivity (Wildman–Crippen MR) is 85.3 cm³/mol. The fourth-order valence-corrected chi connectivity index (χ4v) is 3.47. The summed E-state index contributed by atoms with van der Waals surface area (Å²) < 4.78 is 22.4. The maximum atomic E-state index is 12.1. The molecule has 1 heterocycles. The molecule has 0 aromatic heterocycles. The van der Waals surface area contributed by atoms with Gasteiger partial charge in [0.2, 0.25) is 5.91 Å². The van der Waals surface area contributed by atoms with Crippen molar-refractivity contribution in [1.29, 1.82) is 0 Å². The Hall–Kier alpha value is -1.11. The maximum absolute atomic E-state index is 12.1. The molecule has 5 nitrogen and oxygen atoms in total. The summed E-state index contributed by atoms with van der Waals surface area (Å²) in [5.74, 6) is -0.183. The second-order valence-corrected chi connectivity index (χ2v) is 7.59. The Balaban J connectivity index is 0.00000220. The second-order valence-electron chi connectivity index (χ2n) is 5.41. The van der Waals surface area contributed by atoms with E-state index in [1.807, 2.05) is 24.3 Å². The van der Waals surface area contributed by atoms with Crippen molar-refractivity contribution in [3.8, 4) is 0 Å². The zero-order valence-electron chi connectivity index (χ0n) is 12.1. The summed E-state index contributed by atoms with van der Waals surface area (Å²) in [5, 5.41) is 5.94. The van der Waals surface area contributed by atoms with Gasteiger partial charge in [-0.2, -0.15) is 0 Å². The number of halogens is 1. The number of nitrogens with one attached hydrogen (secondary N) is 2. The van der Waals surface area contributed by atoms with Crippen LogP contribution in [0.1, 0.15) is 18.1 Å². The summed E-state index contributed by atoms with van der Waals surface area (Å²) >= 11 is 0. The lowest BCUT2D eigenvalue weighted by atomic mass is 9.95. The standard InChI is InChI=1S/C14H20N2O3S.ClH/c1-10(9-20(2,18)19)16-14(17)13-7-11-5-3-4-6-12(11)8-15-13;/h3-6,10,13,15H,7-9H2,1-2H3,(H,16,17);1H. The molecule has 21 heavy (non-hydrogen) atoms.